The van der Waals surface area contributed by atoms with E-state index >= 15 is 0 Å². The van der Waals surface area contributed by atoms with Gasteiger partial charge in [0.2, 0.25) is 5.91 Å². The van der Waals surface area contributed by atoms with Crippen LogP contribution < -0.4 is 11.1 Å². The fourth-order valence-corrected chi connectivity index (χ4v) is 2.64. The molecule has 1 aromatic rings. The largest absolute Gasteiger partial charge is 0.327 e. The van der Waals surface area contributed by atoms with Crippen molar-refractivity contribution in [3.05, 3.63) is 34.4 Å². The van der Waals surface area contributed by atoms with Gasteiger partial charge in [0.05, 0.1) is 4.92 Å². The van der Waals surface area contributed by atoms with E-state index in [9.17, 15) is 14.9 Å². The zero-order chi connectivity index (χ0) is 14.5. The third kappa shape index (κ3) is 4.99. The fourth-order valence-electron chi connectivity index (χ4n) is 2.64. The maximum Gasteiger partial charge on any atom is 0.271 e. The zero-order valence-corrected chi connectivity index (χ0v) is 12.5. The number of benzene rings is 1. The molecule has 2 rings (SSSR count). The van der Waals surface area contributed by atoms with Crippen LogP contribution >= 0.6 is 12.4 Å². The molecule has 0 aliphatic heterocycles. The first-order chi connectivity index (χ1) is 9.56. The third-order valence-electron chi connectivity index (χ3n) is 3.76. The number of nitrogens with one attached hydrogen (secondary N) is 1. The number of hydrogen-bond donors (Lipinski definition) is 2. The molecule has 0 aromatic heterocycles. The zero-order valence-electron chi connectivity index (χ0n) is 11.7. The van der Waals surface area contributed by atoms with Crippen molar-refractivity contribution in [1.29, 1.82) is 0 Å². The Balaban J connectivity index is 0.00000220. The fraction of sp³-hybridized carbons (Fsp3) is 0.500. The Kier molecular flexibility index (Phi) is 6.58. The summed E-state index contributed by atoms with van der Waals surface area (Å²) in [6.07, 6.45) is 4.56. The summed E-state index contributed by atoms with van der Waals surface area (Å²) in [7, 11) is 0. The summed E-state index contributed by atoms with van der Waals surface area (Å²) in [5.74, 6) is 0.0790. The van der Waals surface area contributed by atoms with Gasteiger partial charge in [0.1, 0.15) is 0 Å². The Morgan fingerprint density at radius 2 is 2.10 bits per heavy atom. The summed E-state index contributed by atoms with van der Waals surface area (Å²) in [5.41, 5.74) is 6.44. The van der Waals surface area contributed by atoms with Crippen LogP contribution in [0.4, 0.5) is 11.4 Å². The van der Waals surface area contributed by atoms with Crippen molar-refractivity contribution in [1.82, 2.24) is 0 Å². The Labute approximate surface area is 129 Å². The predicted octanol–water partition coefficient (Wildman–Crippen LogP) is 2.86. The quantitative estimate of drug-likeness (QED) is 0.659. The van der Waals surface area contributed by atoms with Crippen molar-refractivity contribution in [3.8, 4) is 0 Å². The Morgan fingerprint density at radius 1 is 1.38 bits per heavy atom. The summed E-state index contributed by atoms with van der Waals surface area (Å²) in [5, 5.41) is 13.4. The van der Waals surface area contributed by atoms with Gasteiger partial charge in [-0.15, -0.1) is 12.4 Å². The molecule has 7 heteroatoms. The molecule has 6 nitrogen and oxygen atoms in total. The van der Waals surface area contributed by atoms with Gasteiger partial charge in [-0.05, 0) is 24.8 Å². The van der Waals surface area contributed by atoms with Gasteiger partial charge in [0.15, 0.2) is 0 Å². The molecule has 21 heavy (non-hydrogen) atoms. The maximum atomic E-state index is 12.0. The first-order valence-corrected chi connectivity index (χ1v) is 6.86. The lowest BCUT2D eigenvalue weighted by Gasteiger charge is -2.27. The van der Waals surface area contributed by atoms with Crippen LogP contribution in [0.25, 0.3) is 0 Å². The second-order valence-corrected chi connectivity index (χ2v) is 5.27. The number of nitrogens with zero attached hydrogens (tertiary/aromatic N) is 1. The van der Waals surface area contributed by atoms with E-state index in [4.69, 9.17) is 5.73 Å². The van der Waals surface area contributed by atoms with Crippen LogP contribution in [0, 0.1) is 16.0 Å². The highest BCUT2D eigenvalue weighted by Crippen LogP contribution is 2.26. The van der Waals surface area contributed by atoms with Gasteiger partial charge in [-0.25, -0.2) is 0 Å². The van der Waals surface area contributed by atoms with Crippen molar-refractivity contribution >= 4 is 29.7 Å². The summed E-state index contributed by atoms with van der Waals surface area (Å²) in [6.45, 7) is 0. The van der Waals surface area contributed by atoms with Gasteiger partial charge >= 0.3 is 0 Å². The van der Waals surface area contributed by atoms with Crippen molar-refractivity contribution in [2.45, 2.75) is 38.1 Å². The SMILES string of the molecule is Cl.NC1CCCCC1CC(=O)Nc1cccc([N+](=O)[O-])c1. The number of nitro groups is 1. The molecule has 0 saturated heterocycles. The third-order valence-corrected chi connectivity index (χ3v) is 3.76. The number of nitrogens with two attached hydrogens (primary N) is 1. The first-order valence-electron chi connectivity index (χ1n) is 6.86. The minimum Gasteiger partial charge on any atom is -0.327 e. The van der Waals surface area contributed by atoms with Crippen molar-refractivity contribution in [2.75, 3.05) is 5.32 Å². The molecule has 3 N–H and O–H groups in total. The molecule has 0 bridgehead atoms. The van der Waals surface area contributed by atoms with Crippen LogP contribution in [0.15, 0.2) is 24.3 Å². The molecule has 0 spiro atoms. The van der Waals surface area contributed by atoms with Crippen molar-refractivity contribution < 1.29 is 9.72 Å². The number of carbonyl (C=O) groups excluding carboxylic acids is 1. The van der Waals surface area contributed by atoms with Crippen LogP contribution in [0.5, 0.6) is 0 Å². The van der Waals surface area contributed by atoms with Crippen molar-refractivity contribution in [2.24, 2.45) is 11.7 Å². The smallest absolute Gasteiger partial charge is 0.271 e. The van der Waals surface area contributed by atoms with Gasteiger partial charge in [0.25, 0.3) is 5.69 Å². The van der Waals surface area contributed by atoms with E-state index in [2.05, 4.69) is 5.32 Å². The van der Waals surface area contributed by atoms with Crippen LogP contribution in [-0.2, 0) is 4.79 Å². The molecule has 0 heterocycles. The molecule has 1 aliphatic rings. The van der Waals surface area contributed by atoms with Crippen molar-refractivity contribution in [3.63, 3.8) is 0 Å². The minimum absolute atomic E-state index is 0. The molecule has 1 aliphatic carbocycles. The van der Waals surface area contributed by atoms with Gasteiger partial charge < -0.3 is 11.1 Å². The lowest BCUT2D eigenvalue weighted by Crippen LogP contribution is -2.35. The Bertz CT molecular complexity index is 510. The van der Waals surface area contributed by atoms with Gasteiger partial charge in [0, 0.05) is 30.3 Å². The highest BCUT2D eigenvalue weighted by molar-refractivity contribution is 5.91. The van der Waals surface area contributed by atoms with Gasteiger partial charge in [-0.2, -0.15) is 0 Å². The monoisotopic (exact) mass is 313 g/mol. The highest BCUT2D eigenvalue weighted by atomic mass is 35.5. The Morgan fingerprint density at radius 3 is 2.76 bits per heavy atom. The standard InChI is InChI=1S/C14H19N3O3.ClH/c15-13-7-2-1-4-10(13)8-14(18)16-11-5-3-6-12(9-11)17(19)20;/h3,5-6,9-10,13H,1-2,4,7-8,15H2,(H,16,18);1H. The molecule has 2 unspecified atom stereocenters. The number of halogens is 1. The summed E-state index contributed by atoms with van der Waals surface area (Å²) < 4.78 is 0. The van der Waals surface area contributed by atoms with Crippen LogP contribution in [0.1, 0.15) is 32.1 Å². The molecule has 1 amide bonds. The lowest BCUT2D eigenvalue weighted by molar-refractivity contribution is -0.384. The number of carbonyl (C=O) groups is 1. The van der Waals surface area contributed by atoms with E-state index in [1.54, 1.807) is 12.1 Å². The molecule has 1 fully saturated rings. The number of anilines is 1. The molecular formula is C14H20ClN3O3. The highest BCUT2D eigenvalue weighted by Gasteiger charge is 2.24. The number of non-ortho nitro benzene ring substituents is 1. The lowest BCUT2D eigenvalue weighted by atomic mass is 9.83. The van der Waals surface area contributed by atoms with Gasteiger partial charge in [-0.1, -0.05) is 18.9 Å². The number of nitro benzene ring substituents is 1. The minimum atomic E-state index is -0.479. The number of amides is 1. The van der Waals surface area contributed by atoms with E-state index in [1.807, 2.05) is 0 Å². The molecule has 1 saturated carbocycles. The molecular weight excluding hydrogens is 294 g/mol. The maximum absolute atomic E-state index is 12.0. The van der Waals surface area contributed by atoms with Crippen LogP contribution in [0.3, 0.4) is 0 Å². The second kappa shape index (κ2) is 7.95. The molecule has 116 valence electrons. The second-order valence-electron chi connectivity index (χ2n) is 5.27. The summed E-state index contributed by atoms with van der Waals surface area (Å²) >= 11 is 0. The predicted molar refractivity (Wildman–Crippen MR) is 83.5 cm³/mol. The van der Waals surface area contributed by atoms with Crippen LogP contribution in [-0.4, -0.2) is 16.9 Å². The Hall–Kier alpha value is -1.66. The van der Waals surface area contributed by atoms with Gasteiger partial charge in [-0.3, -0.25) is 14.9 Å². The van der Waals surface area contributed by atoms with Crippen LogP contribution in [0.2, 0.25) is 0 Å². The van der Waals surface area contributed by atoms with E-state index in [-0.39, 0.29) is 36.0 Å². The molecule has 0 radical (unpaired) electrons. The average Bonchev–Trinajstić information content (AvgIpc) is 2.41. The number of rotatable bonds is 4. The van der Waals surface area contributed by atoms with E-state index in [0.29, 0.717) is 12.1 Å². The first kappa shape index (κ1) is 17.4. The normalized spacial score (nSPS) is 21.2. The van der Waals surface area contributed by atoms with E-state index in [0.717, 1.165) is 25.7 Å². The van der Waals surface area contributed by atoms with E-state index in [1.165, 1.54) is 12.1 Å². The average molecular weight is 314 g/mol. The summed E-state index contributed by atoms with van der Waals surface area (Å²) in [6, 6.07) is 6.04. The van der Waals surface area contributed by atoms with E-state index < -0.39 is 4.92 Å². The number of hydrogen-bond acceptors (Lipinski definition) is 4. The molecule has 2 atom stereocenters. The summed E-state index contributed by atoms with van der Waals surface area (Å²) in [4.78, 5) is 22.2. The molecule has 1 aromatic carbocycles. The topological polar surface area (TPSA) is 98.3 Å².